The van der Waals surface area contributed by atoms with Gasteiger partial charge in [-0.25, -0.2) is 0 Å². The van der Waals surface area contributed by atoms with Gasteiger partial charge in [-0.15, -0.1) is 0 Å². The Morgan fingerprint density at radius 2 is 1.69 bits per heavy atom. The summed E-state index contributed by atoms with van der Waals surface area (Å²) in [5.74, 6) is 0. The quantitative estimate of drug-likeness (QED) is 0.671. The Morgan fingerprint density at radius 3 is 1.92 bits per heavy atom. The van der Waals surface area contributed by atoms with Crippen molar-refractivity contribution >= 4 is 0 Å². The van der Waals surface area contributed by atoms with Gasteiger partial charge in [0.15, 0.2) is 0 Å². The zero-order valence-electron chi connectivity index (χ0n) is 9.59. The molecular formula is C10H24N2O. The molecule has 3 nitrogen and oxygen atoms in total. The van der Waals surface area contributed by atoms with Crippen LogP contribution in [0.4, 0.5) is 0 Å². The van der Waals surface area contributed by atoms with Gasteiger partial charge in [-0.2, -0.15) is 0 Å². The normalized spacial score (nSPS) is 13.8. The molecule has 13 heavy (non-hydrogen) atoms. The fourth-order valence-corrected chi connectivity index (χ4v) is 1.35. The van der Waals surface area contributed by atoms with E-state index in [1.165, 1.54) is 0 Å². The molecule has 0 saturated heterocycles. The second kappa shape index (κ2) is 4.40. The molecule has 80 valence electrons. The van der Waals surface area contributed by atoms with Crippen molar-refractivity contribution in [1.29, 1.82) is 0 Å². The number of hydrogen-bond acceptors (Lipinski definition) is 3. The summed E-state index contributed by atoms with van der Waals surface area (Å²) in [4.78, 5) is 2.20. The van der Waals surface area contributed by atoms with Gasteiger partial charge >= 0.3 is 0 Å². The predicted octanol–water partition coefficient (Wildman–Crippen LogP) is 0.817. The molecule has 0 aromatic rings. The molecule has 0 atom stereocenters. The van der Waals surface area contributed by atoms with Gasteiger partial charge < -0.3 is 10.8 Å². The number of aliphatic hydroxyl groups is 1. The molecule has 0 saturated carbocycles. The minimum Gasteiger partial charge on any atom is -0.389 e. The van der Waals surface area contributed by atoms with E-state index in [0.717, 1.165) is 6.54 Å². The van der Waals surface area contributed by atoms with Crippen molar-refractivity contribution in [3.05, 3.63) is 0 Å². The highest BCUT2D eigenvalue weighted by atomic mass is 16.3. The molecule has 3 heteroatoms. The second-order valence-electron chi connectivity index (χ2n) is 4.84. The zero-order chi connectivity index (χ0) is 10.7. The van der Waals surface area contributed by atoms with E-state index in [9.17, 15) is 5.11 Å². The molecule has 0 heterocycles. The molecule has 0 aromatic heterocycles. The van der Waals surface area contributed by atoms with E-state index in [2.05, 4.69) is 25.7 Å². The van der Waals surface area contributed by atoms with E-state index in [1.807, 2.05) is 13.8 Å². The van der Waals surface area contributed by atoms with Crippen LogP contribution in [0.3, 0.4) is 0 Å². The summed E-state index contributed by atoms with van der Waals surface area (Å²) < 4.78 is 0. The number of β-amino-alcohol motifs (C(OH)–C–C–N with tert-alkyl or cyclic N) is 1. The first kappa shape index (κ1) is 12.9. The van der Waals surface area contributed by atoms with Crippen molar-refractivity contribution in [2.75, 3.05) is 19.6 Å². The first-order valence-corrected chi connectivity index (χ1v) is 4.90. The van der Waals surface area contributed by atoms with E-state index in [-0.39, 0.29) is 5.54 Å². The fraction of sp³-hybridized carbons (Fsp3) is 1.00. The number of rotatable bonds is 5. The van der Waals surface area contributed by atoms with Crippen molar-refractivity contribution < 1.29 is 5.11 Å². The molecule has 0 radical (unpaired) electrons. The number of hydrogen-bond donors (Lipinski definition) is 2. The highest BCUT2D eigenvalue weighted by Gasteiger charge is 2.28. The molecule has 3 N–H and O–H groups in total. The smallest absolute Gasteiger partial charge is 0.0718 e. The SMILES string of the molecule is CCN(CC(C)(C)O)C(C)(C)CN. The summed E-state index contributed by atoms with van der Waals surface area (Å²) in [5, 5.41) is 9.70. The molecule has 0 rings (SSSR count). The molecule has 0 fully saturated rings. The molecule has 0 aliphatic rings. The van der Waals surface area contributed by atoms with Crippen LogP contribution < -0.4 is 5.73 Å². The Labute approximate surface area is 81.9 Å². The van der Waals surface area contributed by atoms with Crippen LogP contribution in [0.15, 0.2) is 0 Å². The van der Waals surface area contributed by atoms with Crippen LogP contribution in [0.1, 0.15) is 34.6 Å². The maximum Gasteiger partial charge on any atom is 0.0718 e. The average molecular weight is 188 g/mol. The van der Waals surface area contributed by atoms with Crippen molar-refractivity contribution in [1.82, 2.24) is 4.90 Å². The predicted molar refractivity (Wildman–Crippen MR) is 56.7 cm³/mol. The Hall–Kier alpha value is -0.120. The van der Waals surface area contributed by atoms with Crippen LogP contribution in [0.25, 0.3) is 0 Å². The molecular weight excluding hydrogens is 164 g/mol. The summed E-state index contributed by atoms with van der Waals surface area (Å²) in [6.45, 7) is 12.1. The number of nitrogens with zero attached hydrogens (tertiary/aromatic N) is 1. The molecule has 0 unspecified atom stereocenters. The van der Waals surface area contributed by atoms with E-state index in [1.54, 1.807) is 0 Å². The lowest BCUT2D eigenvalue weighted by molar-refractivity contribution is 0.00339. The first-order valence-electron chi connectivity index (χ1n) is 4.90. The van der Waals surface area contributed by atoms with Gasteiger partial charge in [-0.1, -0.05) is 6.92 Å². The highest BCUT2D eigenvalue weighted by Crippen LogP contribution is 2.16. The van der Waals surface area contributed by atoms with E-state index in [4.69, 9.17) is 5.73 Å². The Bertz CT molecular complexity index is 149. The number of nitrogens with two attached hydrogens (primary N) is 1. The van der Waals surface area contributed by atoms with Gasteiger partial charge in [0.25, 0.3) is 0 Å². The average Bonchev–Trinajstić information content (AvgIpc) is 1.98. The molecule has 0 bridgehead atoms. The van der Waals surface area contributed by atoms with Crippen molar-refractivity contribution in [2.24, 2.45) is 5.73 Å². The van der Waals surface area contributed by atoms with E-state index < -0.39 is 5.60 Å². The molecule has 0 aliphatic heterocycles. The summed E-state index contributed by atoms with van der Waals surface area (Å²) in [6, 6.07) is 0. The van der Waals surface area contributed by atoms with Crippen LogP contribution in [-0.4, -0.2) is 40.8 Å². The van der Waals surface area contributed by atoms with Gasteiger partial charge in [0.2, 0.25) is 0 Å². The lowest BCUT2D eigenvalue weighted by Gasteiger charge is -2.40. The Balaban J connectivity index is 4.35. The van der Waals surface area contributed by atoms with Crippen LogP contribution in [0.5, 0.6) is 0 Å². The largest absolute Gasteiger partial charge is 0.389 e. The third-order valence-corrected chi connectivity index (χ3v) is 2.32. The minimum absolute atomic E-state index is 0.0330. The summed E-state index contributed by atoms with van der Waals surface area (Å²) in [7, 11) is 0. The van der Waals surface area contributed by atoms with Crippen molar-refractivity contribution in [3.63, 3.8) is 0 Å². The standard InChI is InChI=1S/C10H24N2O/c1-6-12(8-10(4,5)13)9(2,3)7-11/h13H,6-8,11H2,1-5H3. The van der Waals surface area contributed by atoms with Crippen molar-refractivity contribution in [2.45, 2.75) is 45.8 Å². The molecule has 0 aromatic carbocycles. The van der Waals surface area contributed by atoms with Gasteiger partial charge in [0.1, 0.15) is 0 Å². The molecule has 0 spiro atoms. The number of likely N-dealkylation sites (N-methyl/N-ethyl adjacent to an activating group) is 1. The van der Waals surface area contributed by atoms with Gasteiger partial charge in [0.05, 0.1) is 5.60 Å². The lowest BCUT2D eigenvalue weighted by Crippen LogP contribution is -2.53. The highest BCUT2D eigenvalue weighted by molar-refractivity contribution is 4.85. The Morgan fingerprint density at radius 1 is 1.23 bits per heavy atom. The van der Waals surface area contributed by atoms with Crippen LogP contribution in [-0.2, 0) is 0 Å². The lowest BCUT2D eigenvalue weighted by atomic mass is 10.00. The van der Waals surface area contributed by atoms with Gasteiger partial charge in [-0.3, -0.25) is 4.90 Å². The monoisotopic (exact) mass is 188 g/mol. The fourth-order valence-electron chi connectivity index (χ4n) is 1.35. The topological polar surface area (TPSA) is 49.5 Å². The minimum atomic E-state index is -0.650. The van der Waals surface area contributed by atoms with Gasteiger partial charge in [0, 0.05) is 18.6 Å². The van der Waals surface area contributed by atoms with Crippen LogP contribution in [0, 0.1) is 0 Å². The Kier molecular flexibility index (Phi) is 4.36. The van der Waals surface area contributed by atoms with Gasteiger partial charge in [-0.05, 0) is 34.2 Å². The first-order chi connectivity index (χ1) is 5.73. The third kappa shape index (κ3) is 4.60. The van der Waals surface area contributed by atoms with E-state index in [0.29, 0.717) is 13.1 Å². The van der Waals surface area contributed by atoms with Crippen LogP contribution >= 0.6 is 0 Å². The van der Waals surface area contributed by atoms with E-state index >= 15 is 0 Å². The molecule has 0 amide bonds. The maximum atomic E-state index is 9.70. The molecule has 0 aliphatic carbocycles. The second-order valence-corrected chi connectivity index (χ2v) is 4.84. The zero-order valence-corrected chi connectivity index (χ0v) is 9.59. The maximum absolute atomic E-state index is 9.70. The summed E-state index contributed by atoms with van der Waals surface area (Å²) in [6.07, 6.45) is 0. The van der Waals surface area contributed by atoms with Crippen LogP contribution in [0.2, 0.25) is 0 Å². The van der Waals surface area contributed by atoms with Crippen molar-refractivity contribution in [3.8, 4) is 0 Å². The summed E-state index contributed by atoms with van der Waals surface area (Å²) >= 11 is 0. The third-order valence-electron chi connectivity index (χ3n) is 2.32. The summed E-state index contributed by atoms with van der Waals surface area (Å²) in [5.41, 5.74) is 4.99.